The molecule has 2 aromatic carbocycles. The number of hydrogen-bond acceptors (Lipinski definition) is 4. The lowest BCUT2D eigenvalue weighted by atomic mass is 9.99. The molecule has 1 aliphatic heterocycles. The third-order valence-corrected chi connectivity index (χ3v) is 3.82. The first-order chi connectivity index (χ1) is 11.2. The molecule has 1 fully saturated rings. The lowest BCUT2D eigenvalue weighted by Gasteiger charge is -2.27. The second-order valence-corrected chi connectivity index (χ2v) is 5.47. The topological polar surface area (TPSA) is 67.8 Å². The highest BCUT2D eigenvalue weighted by atomic mass is 16.6. The van der Waals surface area contributed by atoms with Gasteiger partial charge in [0.2, 0.25) is 0 Å². The van der Waals surface area contributed by atoms with Gasteiger partial charge in [0.05, 0.1) is 12.6 Å². The molecule has 0 aromatic heterocycles. The third-order valence-electron chi connectivity index (χ3n) is 3.82. The summed E-state index contributed by atoms with van der Waals surface area (Å²) in [7, 11) is 0. The number of aliphatic hydroxyl groups is 1. The Morgan fingerprint density at radius 2 is 1.78 bits per heavy atom. The van der Waals surface area contributed by atoms with Crippen LogP contribution in [0.2, 0.25) is 0 Å². The summed E-state index contributed by atoms with van der Waals surface area (Å²) >= 11 is 0. The van der Waals surface area contributed by atoms with Gasteiger partial charge in [-0.15, -0.1) is 0 Å². The fourth-order valence-electron chi connectivity index (χ4n) is 2.59. The second kappa shape index (κ2) is 7.26. The van der Waals surface area contributed by atoms with E-state index in [-0.39, 0.29) is 6.61 Å². The van der Waals surface area contributed by atoms with Crippen molar-refractivity contribution in [1.29, 1.82) is 0 Å². The normalized spacial score (nSPS) is 19.7. The largest absolute Gasteiger partial charge is 0.447 e. The van der Waals surface area contributed by atoms with Gasteiger partial charge in [0, 0.05) is 0 Å². The first kappa shape index (κ1) is 15.5. The van der Waals surface area contributed by atoms with Crippen LogP contribution in [-0.4, -0.2) is 30.0 Å². The molecule has 3 atom stereocenters. The number of amides is 1. The predicted molar refractivity (Wildman–Crippen MR) is 84.7 cm³/mol. The van der Waals surface area contributed by atoms with Crippen molar-refractivity contribution in [2.75, 3.05) is 6.61 Å². The molecule has 5 nitrogen and oxygen atoms in total. The fourth-order valence-corrected chi connectivity index (χ4v) is 2.59. The van der Waals surface area contributed by atoms with Crippen molar-refractivity contribution >= 4 is 6.09 Å². The molecule has 1 aliphatic rings. The predicted octanol–water partition coefficient (Wildman–Crippen LogP) is 2.41. The Morgan fingerprint density at radius 3 is 2.39 bits per heavy atom. The molecule has 1 amide bonds. The van der Waals surface area contributed by atoms with E-state index in [1.54, 1.807) is 0 Å². The van der Waals surface area contributed by atoms with Crippen LogP contribution in [0.15, 0.2) is 60.7 Å². The Morgan fingerprint density at radius 1 is 1.13 bits per heavy atom. The van der Waals surface area contributed by atoms with Crippen molar-refractivity contribution < 1.29 is 19.4 Å². The molecule has 23 heavy (non-hydrogen) atoms. The van der Waals surface area contributed by atoms with E-state index < -0.39 is 24.3 Å². The lowest BCUT2D eigenvalue weighted by Crippen LogP contribution is -2.42. The van der Waals surface area contributed by atoms with Crippen molar-refractivity contribution in [3.05, 3.63) is 71.8 Å². The minimum Gasteiger partial charge on any atom is -0.447 e. The van der Waals surface area contributed by atoms with Gasteiger partial charge < -0.3 is 19.9 Å². The van der Waals surface area contributed by atoms with Crippen LogP contribution in [0.4, 0.5) is 4.79 Å². The summed E-state index contributed by atoms with van der Waals surface area (Å²) in [5.74, 6) is 0. The standard InChI is InChI=1S/C18H19NO4/c20-16(15-12-23-18(21)19-15)17(14-9-5-2-6-10-14)22-11-13-7-3-1-4-8-13/h1-10,15-17,20H,11-12H2,(H,19,21)/t15-,16+,17+/m0/s1. The van der Waals surface area contributed by atoms with E-state index in [0.717, 1.165) is 11.1 Å². The van der Waals surface area contributed by atoms with Crippen LogP contribution >= 0.6 is 0 Å². The second-order valence-electron chi connectivity index (χ2n) is 5.47. The van der Waals surface area contributed by atoms with Gasteiger partial charge in [-0.3, -0.25) is 0 Å². The number of rotatable bonds is 6. The Bertz CT molecular complexity index is 632. The molecule has 1 saturated heterocycles. The molecule has 0 unspecified atom stereocenters. The maximum absolute atomic E-state index is 11.2. The molecule has 1 heterocycles. The van der Waals surface area contributed by atoms with Crippen LogP contribution in [-0.2, 0) is 16.1 Å². The first-order valence-corrected chi connectivity index (χ1v) is 7.56. The van der Waals surface area contributed by atoms with Gasteiger partial charge in [0.1, 0.15) is 18.8 Å². The molecule has 3 rings (SSSR count). The number of cyclic esters (lactones) is 1. The number of ether oxygens (including phenoxy) is 2. The third kappa shape index (κ3) is 3.88. The number of aliphatic hydroxyl groups excluding tert-OH is 1. The van der Waals surface area contributed by atoms with Gasteiger partial charge >= 0.3 is 6.09 Å². The van der Waals surface area contributed by atoms with Gasteiger partial charge in [-0.2, -0.15) is 0 Å². The number of carbonyl (C=O) groups is 1. The molecule has 5 heteroatoms. The number of hydrogen-bond donors (Lipinski definition) is 2. The van der Waals surface area contributed by atoms with E-state index >= 15 is 0 Å². The number of alkyl carbamates (subject to hydrolysis) is 1. The Kier molecular flexibility index (Phi) is 4.90. The molecule has 0 spiro atoms. The van der Waals surface area contributed by atoms with E-state index in [9.17, 15) is 9.90 Å². The SMILES string of the molecule is O=C1N[C@H]([C@@H](O)[C@H](OCc2ccccc2)c2ccccc2)CO1. The monoisotopic (exact) mass is 313 g/mol. The maximum atomic E-state index is 11.2. The number of nitrogens with one attached hydrogen (secondary N) is 1. The smallest absolute Gasteiger partial charge is 0.407 e. The quantitative estimate of drug-likeness (QED) is 0.859. The summed E-state index contributed by atoms with van der Waals surface area (Å²) < 4.78 is 10.8. The first-order valence-electron chi connectivity index (χ1n) is 7.56. The zero-order chi connectivity index (χ0) is 16.1. The highest BCUT2D eigenvalue weighted by molar-refractivity contribution is 5.69. The van der Waals surface area contributed by atoms with Crippen molar-refractivity contribution in [3.63, 3.8) is 0 Å². The summed E-state index contributed by atoms with van der Waals surface area (Å²) in [6.45, 7) is 0.511. The molecular formula is C18H19NO4. The summed E-state index contributed by atoms with van der Waals surface area (Å²) in [5, 5.41) is 13.2. The highest BCUT2D eigenvalue weighted by Crippen LogP contribution is 2.26. The maximum Gasteiger partial charge on any atom is 0.407 e. The summed E-state index contributed by atoms with van der Waals surface area (Å²) in [5.41, 5.74) is 1.88. The van der Waals surface area contributed by atoms with Crippen molar-refractivity contribution in [1.82, 2.24) is 5.32 Å². The number of benzene rings is 2. The average molecular weight is 313 g/mol. The van der Waals surface area contributed by atoms with Crippen molar-refractivity contribution in [2.24, 2.45) is 0 Å². The molecule has 2 aromatic rings. The van der Waals surface area contributed by atoms with Crippen LogP contribution in [0.3, 0.4) is 0 Å². The van der Waals surface area contributed by atoms with E-state index in [1.165, 1.54) is 0 Å². The Balaban J connectivity index is 1.75. The Hall–Kier alpha value is -2.37. The van der Waals surface area contributed by atoms with E-state index in [2.05, 4.69) is 5.32 Å². The Labute approximate surface area is 134 Å². The van der Waals surface area contributed by atoms with Gasteiger partial charge in [-0.1, -0.05) is 60.7 Å². The summed E-state index contributed by atoms with van der Waals surface area (Å²) in [4.78, 5) is 11.2. The van der Waals surface area contributed by atoms with Gasteiger partial charge in [-0.05, 0) is 11.1 Å². The molecule has 120 valence electrons. The van der Waals surface area contributed by atoms with Crippen LogP contribution in [0.5, 0.6) is 0 Å². The molecule has 0 aliphatic carbocycles. The molecule has 0 saturated carbocycles. The van der Waals surface area contributed by atoms with Gasteiger partial charge in [-0.25, -0.2) is 4.79 Å². The molecular weight excluding hydrogens is 294 g/mol. The minimum atomic E-state index is -0.896. The molecule has 0 bridgehead atoms. The zero-order valence-corrected chi connectivity index (χ0v) is 12.6. The number of carbonyl (C=O) groups excluding carboxylic acids is 1. The van der Waals surface area contributed by atoms with Crippen LogP contribution in [0.25, 0.3) is 0 Å². The molecule has 0 radical (unpaired) electrons. The van der Waals surface area contributed by atoms with Crippen molar-refractivity contribution in [2.45, 2.75) is 24.9 Å². The van der Waals surface area contributed by atoms with Crippen molar-refractivity contribution in [3.8, 4) is 0 Å². The fraction of sp³-hybridized carbons (Fsp3) is 0.278. The van der Waals surface area contributed by atoms with Gasteiger partial charge in [0.15, 0.2) is 0 Å². The average Bonchev–Trinajstić information content (AvgIpc) is 3.03. The minimum absolute atomic E-state index is 0.137. The van der Waals surface area contributed by atoms with E-state index in [4.69, 9.17) is 9.47 Å². The van der Waals surface area contributed by atoms with Gasteiger partial charge in [0.25, 0.3) is 0 Å². The summed E-state index contributed by atoms with van der Waals surface area (Å²) in [6.07, 6.45) is -1.96. The van der Waals surface area contributed by atoms with E-state index in [1.807, 2.05) is 60.7 Å². The van der Waals surface area contributed by atoms with Crippen LogP contribution in [0, 0.1) is 0 Å². The highest BCUT2D eigenvalue weighted by Gasteiger charge is 2.35. The van der Waals surface area contributed by atoms with E-state index in [0.29, 0.717) is 6.61 Å². The zero-order valence-electron chi connectivity index (χ0n) is 12.6. The molecule has 2 N–H and O–H groups in total. The lowest BCUT2D eigenvalue weighted by molar-refractivity contribution is -0.0608. The summed E-state index contributed by atoms with van der Waals surface area (Å²) in [6, 6.07) is 18.8. The van der Waals surface area contributed by atoms with Crippen LogP contribution in [0.1, 0.15) is 17.2 Å². The van der Waals surface area contributed by atoms with Crippen LogP contribution < -0.4 is 5.32 Å².